The van der Waals surface area contributed by atoms with E-state index >= 15 is 0 Å². The first kappa shape index (κ1) is 16.8. The number of halogens is 1. The van der Waals surface area contributed by atoms with Gasteiger partial charge in [-0.1, -0.05) is 29.8 Å². The van der Waals surface area contributed by atoms with Crippen molar-refractivity contribution in [3.05, 3.63) is 0 Å². The minimum absolute atomic E-state index is 0.250. The molecule has 0 bridgehead atoms. The fourth-order valence-electron chi connectivity index (χ4n) is 0.795. The molecule has 0 atom stereocenters. The number of primary amides is 1. The summed E-state index contributed by atoms with van der Waals surface area (Å²) < 4.78 is -0.665. The summed E-state index contributed by atoms with van der Waals surface area (Å²) in [6.45, 7) is 5.65. The largest absolute Gasteiger partial charge is 0.397 e. The van der Waals surface area contributed by atoms with Crippen LogP contribution in [0.4, 0.5) is 4.79 Å². The molecule has 0 aliphatic carbocycles. The summed E-state index contributed by atoms with van der Waals surface area (Å²) in [6.07, 6.45) is 1.23. The Kier molecular flexibility index (Phi) is 9.71. The number of nitrogens with one attached hydrogen (secondary N) is 1. The number of aliphatic hydroxyl groups excluding tert-OH is 1. The van der Waals surface area contributed by atoms with Crippen LogP contribution in [0.1, 0.15) is 33.6 Å². The van der Waals surface area contributed by atoms with Crippen molar-refractivity contribution in [2.45, 2.75) is 37.9 Å². The van der Waals surface area contributed by atoms with Crippen molar-refractivity contribution in [1.29, 1.82) is 0 Å². The first-order valence-corrected chi connectivity index (χ1v) is 5.57. The smallest absolute Gasteiger partial charge is 0.318 e. The molecule has 0 aliphatic heterocycles. The maximum atomic E-state index is 11.3. The van der Waals surface area contributed by atoms with Crippen LogP contribution < -0.4 is 11.1 Å². The van der Waals surface area contributed by atoms with Gasteiger partial charge in [-0.15, -0.1) is 0 Å². The number of carbonyl (C=O) groups excluding carboxylic acids is 2. The molecule has 90 valence electrons. The van der Waals surface area contributed by atoms with Gasteiger partial charge in [-0.2, -0.15) is 0 Å². The zero-order valence-electron chi connectivity index (χ0n) is 9.34. The Morgan fingerprint density at radius 3 is 1.87 bits per heavy atom. The topological polar surface area (TPSA) is 92.4 Å². The number of amides is 3. The van der Waals surface area contributed by atoms with Gasteiger partial charge >= 0.3 is 6.03 Å². The fraction of sp³-hybridized carbons (Fsp3) is 0.778. The molecule has 0 aromatic rings. The van der Waals surface area contributed by atoms with Crippen LogP contribution in [0.5, 0.6) is 0 Å². The lowest BCUT2D eigenvalue weighted by molar-refractivity contribution is -0.122. The van der Waals surface area contributed by atoms with E-state index in [9.17, 15) is 9.59 Å². The highest BCUT2D eigenvalue weighted by atomic mass is 79.9. The molecule has 0 aliphatic rings. The number of rotatable bonds is 3. The number of alkyl halides is 1. The van der Waals surface area contributed by atoms with Crippen molar-refractivity contribution in [2.75, 3.05) is 6.61 Å². The second kappa shape index (κ2) is 8.67. The van der Waals surface area contributed by atoms with E-state index in [-0.39, 0.29) is 12.5 Å². The predicted molar refractivity (Wildman–Crippen MR) is 62.7 cm³/mol. The van der Waals surface area contributed by atoms with Crippen molar-refractivity contribution in [1.82, 2.24) is 5.32 Å². The maximum absolute atomic E-state index is 11.3. The van der Waals surface area contributed by atoms with Gasteiger partial charge in [0.2, 0.25) is 5.91 Å². The van der Waals surface area contributed by atoms with E-state index in [0.29, 0.717) is 12.8 Å². The molecule has 3 amide bonds. The minimum Gasteiger partial charge on any atom is -0.397 e. The monoisotopic (exact) mass is 282 g/mol. The Morgan fingerprint density at radius 2 is 1.67 bits per heavy atom. The van der Waals surface area contributed by atoms with Crippen LogP contribution in [-0.2, 0) is 4.79 Å². The normalized spacial score (nSPS) is 9.93. The fourth-order valence-corrected chi connectivity index (χ4v) is 0.894. The third kappa shape index (κ3) is 7.33. The second-order valence-corrected chi connectivity index (χ2v) is 4.32. The molecular formula is C9H19BrN2O3. The molecule has 15 heavy (non-hydrogen) atoms. The number of carbonyl (C=O) groups is 2. The molecule has 0 saturated carbocycles. The molecule has 0 spiro atoms. The predicted octanol–water partition coefficient (Wildman–Crippen LogP) is 1.13. The molecule has 0 unspecified atom stereocenters. The highest BCUT2D eigenvalue weighted by Gasteiger charge is 2.32. The number of imide groups is 1. The maximum Gasteiger partial charge on any atom is 0.318 e. The van der Waals surface area contributed by atoms with E-state index in [1.165, 1.54) is 0 Å². The van der Waals surface area contributed by atoms with Crippen molar-refractivity contribution in [3.63, 3.8) is 0 Å². The summed E-state index contributed by atoms with van der Waals surface area (Å²) in [5.74, 6) is -0.375. The molecule has 0 fully saturated rings. The Morgan fingerprint density at radius 1 is 1.33 bits per heavy atom. The van der Waals surface area contributed by atoms with E-state index in [0.717, 1.165) is 0 Å². The molecule has 0 aromatic carbocycles. The van der Waals surface area contributed by atoms with Crippen molar-refractivity contribution in [3.8, 4) is 0 Å². The number of aliphatic hydroxyl groups is 1. The number of nitrogens with two attached hydrogens (primary N) is 1. The second-order valence-electron chi connectivity index (χ2n) is 2.81. The van der Waals surface area contributed by atoms with E-state index in [2.05, 4.69) is 15.9 Å². The van der Waals surface area contributed by atoms with Crippen molar-refractivity contribution >= 4 is 27.9 Å². The van der Waals surface area contributed by atoms with Gasteiger partial charge in [0.1, 0.15) is 4.32 Å². The zero-order valence-corrected chi connectivity index (χ0v) is 10.9. The van der Waals surface area contributed by atoms with E-state index in [1.807, 2.05) is 19.2 Å². The van der Waals surface area contributed by atoms with E-state index in [4.69, 9.17) is 10.8 Å². The third-order valence-corrected chi connectivity index (χ3v) is 3.25. The van der Waals surface area contributed by atoms with E-state index < -0.39 is 10.4 Å². The molecule has 0 aromatic heterocycles. The van der Waals surface area contributed by atoms with Gasteiger partial charge in [-0.25, -0.2) is 4.79 Å². The summed E-state index contributed by atoms with van der Waals surface area (Å²) in [6, 6.07) is -0.814. The van der Waals surface area contributed by atoms with Crippen LogP contribution in [0.25, 0.3) is 0 Å². The van der Waals surface area contributed by atoms with E-state index in [1.54, 1.807) is 6.92 Å². The first-order chi connectivity index (χ1) is 6.87. The van der Waals surface area contributed by atoms with Crippen LogP contribution in [0.3, 0.4) is 0 Å². The minimum atomic E-state index is -0.814. The molecule has 4 N–H and O–H groups in total. The standard InChI is InChI=1S/C7H13BrN2O2.C2H6O/c1-3-7(8,4-2)5(11)10-6(9)12;1-2-3/h3-4H2,1-2H3,(H3,9,10,11,12);3H,2H2,1H3. The van der Waals surface area contributed by atoms with Crippen LogP contribution in [-0.4, -0.2) is 28.0 Å². The summed E-state index contributed by atoms with van der Waals surface area (Å²) in [7, 11) is 0. The molecular weight excluding hydrogens is 264 g/mol. The summed E-state index contributed by atoms with van der Waals surface area (Å²) in [5, 5.41) is 9.61. The van der Waals surface area contributed by atoms with Crippen LogP contribution in [0.2, 0.25) is 0 Å². The lowest BCUT2D eigenvalue weighted by Gasteiger charge is -2.21. The molecule has 0 radical (unpaired) electrons. The first-order valence-electron chi connectivity index (χ1n) is 4.78. The van der Waals surface area contributed by atoms with Gasteiger partial charge in [0.15, 0.2) is 0 Å². The highest BCUT2D eigenvalue weighted by molar-refractivity contribution is 9.10. The number of hydrogen-bond acceptors (Lipinski definition) is 3. The molecule has 6 heteroatoms. The van der Waals surface area contributed by atoms with Crippen molar-refractivity contribution in [2.24, 2.45) is 5.73 Å². The number of urea groups is 1. The molecule has 0 heterocycles. The summed E-state index contributed by atoms with van der Waals surface area (Å²) in [4.78, 5) is 21.6. The third-order valence-electron chi connectivity index (χ3n) is 1.76. The summed E-state index contributed by atoms with van der Waals surface area (Å²) in [5.41, 5.74) is 4.81. The SMILES string of the molecule is CCC(Br)(CC)C(=O)NC(N)=O.CCO. The van der Waals surface area contributed by atoms with Gasteiger partial charge in [0.05, 0.1) is 0 Å². The lowest BCUT2D eigenvalue weighted by atomic mass is 10.0. The van der Waals surface area contributed by atoms with Gasteiger partial charge < -0.3 is 10.8 Å². The van der Waals surface area contributed by atoms with Crippen molar-refractivity contribution < 1.29 is 14.7 Å². The van der Waals surface area contributed by atoms with Gasteiger partial charge in [-0.05, 0) is 19.8 Å². The van der Waals surface area contributed by atoms with Gasteiger partial charge in [0, 0.05) is 6.61 Å². The average Bonchev–Trinajstić information content (AvgIpc) is 2.16. The Bertz CT molecular complexity index is 206. The Balaban J connectivity index is 0. The molecule has 0 saturated heterocycles. The molecule has 0 rings (SSSR count). The Labute approximate surface area is 98.5 Å². The van der Waals surface area contributed by atoms with Gasteiger partial charge in [-0.3, -0.25) is 10.1 Å². The number of hydrogen-bond donors (Lipinski definition) is 3. The molecule has 5 nitrogen and oxygen atoms in total. The lowest BCUT2D eigenvalue weighted by Crippen LogP contribution is -2.46. The van der Waals surface area contributed by atoms with Crippen LogP contribution in [0, 0.1) is 0 Å². The Hall–Kier alpha value is -0.620. The quantitative estimate of drug-likeness (QED) is 0.678. The van der Waals surface area contributed by atoms with Gasteiger partial charge in [0.25, 0.3) is 0 Å². The summed E-state index contributed by atoms with van der Waals surface area (Å²) >= 11 is 3.26. The average molecular weight is 283 g/mol. The van der Waals surface area contributed by atoms with Crippen LogP contribution in [0.15, 0.2) is 0 Å². The zero-order chi connectivity index (χ0) is 12.5. The highest BCUT2D eigenvalue weighted by Crippen LogP contribution is 2.26. The van der Waals surface area contributed by atoms with Crippen LogP contribution >= 0.6 is 15.9 Å².